The molecule has 0 radical (unpaired) electrons. The Balaban J connectivity index is 2.81. The molecule has 0 spiro atoms. The van der Waals surface area contributed by atoms with Crippen LogP contribution in [0.25, 0.3) is 0 Å². The van der Waals surface area contributed by atoms with E-state index in [2.05, 4.69) is 31.0 Å². The molecule has 1 amide bonds. The molecule has 3 nitrogen and oxygen atoms in total. The van der Waals surface area contributed by atoms with Crippen LogP contribution in [0.15, 0.2) is 24.3 Å². The molecule has 0 aromatic heterocycles. The second-order valence-corrected chi connectivity index (χ2v) is 5.15. The number of nitrogens with one attached hydrogen (secondary N) is 1. The molecule has 0 saturated carbocycles. The Labute approximate surface area is 128 Å². The van der Waals surface area contributed by atoms with Crippen LogP contribution in [0, 0.1) is 11.8 Å². The zero-order chi connectivity index (χ0) is 15.5. The number of unbranched alkanes of at least 4 members (excludes halogenated alkanes) is 1. The third-order valence-electron chi connectivity index (χ3n) is 3.38. The summed E-state index contributed by atoms with van der Waals surface area (Å²) in [5.74, 6) is 5.74. The molecule has 1 rings (SSSR count). The molecule has 3 heteroatoms. The van der Waals surface area contributed by atoms with Gasteiger partial charge >= 0.3 is 0 Å². The number of amides is 1. The number of hydrogen-bond acceptors (Lipinski definition) is 2. The summed E-state index contributed by atoms with van der Waals surface area (Å²) < 4.78 is 0. The molecule has 1 aromatic carbocycles. The van der Waals surface area contributed by atoms with E-state index in [4.69, 9.17) is 5.73 Å². The maximum Gasteiger partial charge on any atom is 0.252 e. The fourth-order valence-electron chi connectivity index (χ4n) is 2.29. The zero-order valence-electron chi connectivity index (χ0n) is 13.1. The lowest BCUT2D eigenvalue weighted by Gasteiger charge is -2.18. The molecule has 0 saturated heterocycles. The predicted octanol–water partition coefficient (Wildman–Crippen LogP) is 3.09. The van der Waals surface area contributed by atoms with E-state index in [1.165, 1.54) is 0 Å². The molecular weight excluding hydrogens is 260 g/mol. The Morgan fingerprint density at radius 2 is 2.00 bits per heavy atom. The van der Waals surface area contributed by atoms with Crippen molar-refractivity contribution >= 4 is 5.91 Å². The summed E-state index contributed by atoms with van der Waals surface area (Å²) in [7, 11) is 0. The Hall–Kier alpha value is -1.79. The smallest absolute Gasteiger partial charge is 0.252 e. The first-order chi connectivity index (χ1) is 10.2. The van der Waals surface area contributed by atoms with Crippen LogP contribution in [0.2, 0.25) is 0 Å². The van der Waals surface area contributed by atoms with Crippen LogP contribution in [0.4, 0.5) is 0 Å². The maximum absolute atomic E-state index is 12.5. The average Bonchev–Trinajstić information content (AvgIpc) is 2.51. The standard InChI is InChI=1S/C18H26N2O/c1-3-5-12-16(9-4-2)20-18(21)17-13-7-6-10-15(17)11-8-14-19/h6-7,10,13,16H,3-5,9,12,14,19H2,1-2H3,(H,20,21). The second-order valence-electron chi connectivity index (χ2n) is 5.15. The molecule has 1 aromatic rings. The van der Waals surface area contributed by atoms with Crippen LogP contribution in [-0.2, 0) is 0 Å². The van der Waals surface area contributed by atoms with Gasteiger partial charge in [0.15, 0.2) is 0 Å². The molecule has 0 aliphatic carbocycles. The normalized spacial score (nSPS) is 11.4. The topological polar surface area (TPSA) is 55.1 Å². The predicted molar refractivity (Wildman–Crippen MR) is 88.1 cm³/mol. The summed E-state index contributed by atoms with van der Waals surface area (Å²) in [6, 6.07) is 7.68. The van der Waals surface area contributed by atoms with Crippen LogP contribution in [0.3, 0.4) is 0 Å². The summed E-state index contributed by atoms with van der Waals surface area (Å²) in [5, 5.41) is 3.15. The van der Waals surface area contributed by atoms with Crippen LogP contribution < -0.4 is 11.1 Å². The fraction of sp³-hybridized carbons (Fsp3) is 0.500. The Kier molecular flexibility index (Phi) is 8.23. The SMILES string of the molecule is CCCCC(CCC)NC(=O)c1ccccc1C#CCN. The lowest BCUT2D eigenvalue weighted by Crippen LogP contribution is -2.35. The lowest BCUT2D eigenvalue weighted by molar-refractivity contribution is 0.0932. The third-order valence-corrected chi connectivity index (χ3v) is 3.38. The van der Waals surface area contributed by atoms with Gasteiger partial charge in [-0.1, -0.05) is 57.1 Å². The van der Waals surface area contributed by atoms with E-state index in [1.54, 1.807) is 0 Å². The Morgan fingerprint density at radius 1 is 1.24 bits per heavy atom. The largest absolute Gasteiger partial charge is 0.349 e. The zero-order valence-corrected chi connectivity index (χ0v) is 13.1. The van der Waals surface area contributed by atoms with Crippen molar-refractivity contribution in [2.45, 2.75) is 52.0 Å². The van der Waals surface area contributed by atoms with E-state index in [9.17, 15) is 4.79 Å². The molecule has 114 valence electrons. The molecule has 0 aliphatic rings. The molecule has 1 unspecified atom stereocenters. The Morgan fingerprint density at radius 3 is 2.67 bits per heavy atom. The minimum atomic E-state index is -0.0357. The van der Waals surface area contributed by atoms with E-state index >= 15 is 0 Å². The van der Waals surface area contributed by atoms with Gasteiger partial charge in [-0.2, -0.15) is 0 Å². The first-order valence-electron chi connectivity index (χ1n) is 7.81. The highest BCUT2D eigenvalue weighted by Crippen LogP contribution is 2.11. The Bertz CT molecular complexity index is 499. The first kappa shape index (κ1) is 17.3. The number of carbonyl (C=O) groups is 1. The van der Waals surface area contributed by atoms with Gasteiger partial charge in [-0.25, -0.2) is 0 Å². The van der Waals surface area contributed by atoms with Crippen molar-refractivity contribution in [3.63, 3.8) is 0 Å². The van der Waals surface area contributed by atoms with Gasteiger partial charge in [0.25, 0.3) is 5.91 Å². The van der Waals surface area contributed by atoms with E-state index in [0.717, 1.165) is 37.7 Å². The van der Waals surface area contributed by atoms with Gasteiger partial charge in [0.05, 0.1) is 12.1 Å². The van der Waals surface area contributed by atoms with Crippen molar-refractivity contribution in [3.05, 3.63) is 35.4 Å². The van der Waals surface area contributed by atoms with Gasteiger partial charge in [-0.3, -0.25) is 4.79 Å². The van der Waals surface area contributed by atoms with Crippen molar-refractivity contribution in [1.29, 1.82) is 0 Å². The van der Waals surface area contributed by atoms with Crippen molar-refractivity contribution in [3.8, 4) is 11.8 Å². The van der Waals surface area contributed by atoms with Crippen molar-refractivity contribution in [1.82, 2.24) is 5.32 Å². The van der Waals surface area contributed by atoms with Crippen LogP contribution >= 0.6 is 0 Å². The third kappa shape index (κ3) is 6.01. The first-order valence-corrected chi connectivity index (χ1v) is 7.81. The maximum atomic E-state index is 12.5. The minimum Gasteiger partial charge on any atom is -0.349 e. The van der Waals surface area contributed by atoms with Gasteiger partial charge in [0.2, 0.25) is 0 Å². The molecule has 0 fully saturated rings. The molecule has 0 bridgehead atoms. The quantitative estimate of drug-likeness (QED) is 0.757. The van der Waals surface area contributed by atoms with Crippen molar-refractivity contribution < 1.29 is 4.79 Å². The van der Waals surface area contributed by atoms with Gasteiger partial charge in [0.1, 0.15) is 0 Å². The van der Waals surface area contributed by atoms with Gasteiger partial charge in [0, 0.05) is 11.6 Å². The van der Waals surface area contributed by atoms with Crippen molar-refractivity contribution in [2.24, 2.45) is 5.73 Å². The summed E-state index contributed by atoms with van der Waals surface area (Å²) in [6.45, 7) is 4.61. The van der Waals surface area contributed by atoms with E-state index in [-0.39, 0.29) is 11.9 Å². The van der Waals surface area contributed by atoms with Gasteiger partial charge < -0.3 is 11.1 Å². The molecule has 0 aliphatic heterocycles. The number of carbonyl (C=O) groups excluding carboxylic acids is 1. The highest BCUT2D eigenvalue weighted by atomic mass is 16.1. The van der Waals surface area contributed by atoms with E-state index in [0.29, 0.717) is 12.1 Å². The van der Waals surface area contributed by atoms with Crippen LogP contribution in [-0.4, -0.2) is 18.5 Å². The van der Waals surface area contributed by atoms with Crippen LogP contribution in [0.5, 0.6) is 0 Å². The van der Waals surface area contributed by atoms with Gasteiger partial charge in [-0.05, 0) is 25.0 Å². The molecule has 0 heterocycles. The van der Waals surface area contributed by atoms with E-state index < -0.39 is 0 Å². The highest BCUT2D eigenvalue weighted by molar-refractivity contribution is 5.96. The number of rotatable bonds is 7. The lowest BCUT2D eigenvalue weighted by atomic mass is 10.0. The summed E-state index contributed by atoms with van der Waals surface area (Å²) in [6.07, 6.45) is 5.41. The molecular formula is C18H26N2O. The fourth-order valence-corrected chi connectivity index (χ4v) is 2.29. The monoisotopic (exact) mass is 286 g/mol. The molecule has 21 heavy (non-hydrogen) atoms. The number of hydrogen-bond donors (Lipinski definition) is 2. The van der Waals surface area contributed by atoms with E-state index in [1.807, 2.05) is 24.3 Å². The van der Waals surface area contributed by atoms with Crippen molar-refractivity contribution in [2.75, 3.05) is 6.54 Å². The molecule has 3 N–H and O–H groups in total. The second kappa shape index (κ2) is 10.0. The number of nitrogens with two attached hydrogens (primary N) is 1. The summed E-state index contributed by atoms with van der Waals surface area (Å²) in [5.41, 5.74) is 6.78. The van der Waals surface area contributed by atoms with Gasteiger partial charge in [-0.15, -0.1) is 0 Å². The molecule has 1 atom stereocenters. The highest BCUT2D eigenvalue weighted by Gasteiger charge is 2.14. The average molecular weight is 286 g/mol. The minimum absolute atomic E-state index is 0.0357. The summed E-state index contributed by atoms with van der Waals surface area (Å²) in [4.78, 5) is 12.5. The summed E-state index contributed by atoms with van der Waals surface area (Å²) >= 11 is 0. The number of benzene rings is 1. The van der Waals surface area contributed by atoms with Crippen LogP contribution in [0.1, 0.15) is 61.9 Å².